The number of benzene rings is 2. The van der Waals surface area contributed by atoms with Gasteiger partial charge in [0.25, 0.3) is 5.56 Å². The monoisotopic (exact) mass is 470 g/mol. The highest BCUT2D eigenvalue weighted by Gasteiger charge is 2.24. The number of carbonyl (C=O) groups excluding carboxylic acids is 1. The minimum atomic E-state index is -0.849. The highest BCUT2D eigenvalue weighted by molar-refractivity contribution is 6.30. The Kier molecular flexibility index (Phi) is 6.15. The molecule has 2 aromatic heterocycles. The van der Waals surface area contributed by atoms with Crippen molar-refractivity contribution in [2.45, 2.75) is 26.4 Å². The van der Waals surface area contributed by atoms with E-state index >= 15 is 0 Å². The molecule has 2 heterocycles. The third-order valence-corrected chi connectivity index (χ3v) is 5.49. The Morgan fingerprint density at radius 3 is 2.42 bits per heavy atom. The molecule has 0 amide bonds. The first-order chi connectivity index (χ1) is 15.8. The lowest BCUT2D eigenvalue weighted by molar-refractivity contribution is -0.146. The standard InChI is InChI=1S/C23H20ClFN4O4/c1-3-33-22(31)14(2)28-13-26-20-19(28)21(30)27(12-15-4-8-17(25)9-5-15)23(32)29(20)18-10-6-16(24)7-11-18/h4-11,13-14H,3,12H2,1-2H3. The minimum absolute atomic E-state index is 0.0622. The van der Waals surface area contributed by atoms with Gasteiger partial charge in [0.15, 0.2) is 11.2 Å². The number of halogens is 2. The molecule has 0 N–H and O–H groups in total. The maximum absolute atomic E-state index is 13.5. The van der Waals surface area contributed by atoms with Crippen molar-refractivity contribution < 1.29 is 13.9 Å². The zero-order chi connectivity index (χ0) is 23.7. The molecule has 0 fully saturated rings. The molecule has 10 heteroatoms. The highest BCUT2D eigenvalue weighted by Crippen LogP contribution is 2.19. The highest BCUT2D eigenvalue weighted by atomic mass is 35.5. The number of esters is 1. The molecule has 8 nitrogen and oxygen atoms in total. The number of rotatable bonds is 6. The number of imidazole rings is 1. The lowest BCUT2D eigenvalue weighted by Gasteiger charge is -2.15. The smallest absolute Gasteiger partial charge is 0.337 e. The van der Waals surface area contributed by atoms with Crippen molar-refractivity contribution in [2.24, 2.45) is 0 Å². The fraction of sp³-hybridized carbons (Fsp3) is 0.217. The van der Waals surface area contributed by atoms with Gasteiger partial charge < -0.3 is 9.30 Å². The van der Waals surface area contributed by atoms with Crippen molar-refractivity contribution in [2.75, 3.05) is 6.61 Å². The van der Waals surface area contributed by atoms with Crippen molar-refractivity contribution in [3.05, 3.63) is 92.1 Å². The van der Waals surface area contributed by atoms with Crippen LogP contribution in [0.5, 0.6) is 0 Å². The average Bonchev–Trinajstić information content (AvgIpc) is 3.23. The Balaban J connectivity index is 2.00. The van der Waals surface area contributed by atoms with E-state index in [0.717, 1.165) is 4.57 Å². The van der Waals surface area contributed by atoms with Gasteiger partial charge in [0.05, 0.1) is 25.2 Å². The van der Waals surface area contributed by atoms with Gasteiger partial charge >= 0.3 is 11.7 Å². The van der Waals surface area contributed by atoms with Crippen LogP contribution >= 0.6 is 11.6 Å². The van der Waals surface area contributed by atoms with Crippen molar-refractivity contribution in [1.82, 2.24) is 18.7 Å². The first-order valence-corrected chi connectivity index (χ1v) is 10.6. The molecule has 1 atom stereocenters. The third kappa shape index (κ3) is 4.19. The van der Waals surface area contributed by atoms with E-state index in [1.807, 2.05) is 0 Å². The van der Waals surface area contributed by atoms with Crippen LogP contribution < -0.4 is 11.2 Å². The first kappa shape index (κ1) is 22.5. The number of aromatic nitrogens is 4. The molecule has 0 aliphatic rings. The Hall–Kier alpha value is -3.72. The fourth-order valence-electron chi connectivity index (χ4n) is 3.55. The second-order valence-corrected chi connectivity index (χ2v) is 7.80. The second-order valence-electron chi connectivity index (χ2n) is 7.36. The average molecular weight is 471 g/mol. The topological polar surface area (TPSA) is 88.1 Å². The predicted octanol–water partition coefficient (Wildman–Crippen LogP) is 3.31. The van der Waals surface area contributed by atoms with Crippen LogP contribution in [0.2, 0.25) is 5.02 Å². The quantitative estimate of drug-likeness (QED) is 0.403. The van der Waals surface area contributed by atoms with E-state index in [9.17, 15) is 18.8 Å². The van der Waals surface area contributed by atoms with Gasteiger partial charge in [0.2, 0.25) is 0 Å². The molecule has 0 aliphatic carbocycles. The van der Waals surface area contributed by atoms with Gasteiger partial charge in [-0.1, -0.05) is 23.7 Å². The molecule has 4 aromatic rings. The van der Waals surface area contributed by atoms with Gasteiger partial charge in [-0.2, -0.15) is 0 Å². The summed E-state index contributed by atoms with van der Waals surface area (Å²) in [5, 5.41) is 0.476. The van der Waals surface area contributed by atoms with Gasteiger partial charge in [0.1, 0.15) is 11.9 Å². The van der Waals surface area contributed by atoms with Crippen molar-refractivity contribution in [3.8, 4) is 5.69 Å². The summed E-state index contributed by atoms with van der Waals surface area (Å²) in [5.41, 5.74) is -0.101. The van der Waals surface area contributed by atoms with Gasteiger partial charge in [-0.25, -0.2) is 23.5 Å². The molecule has 0 bridgehead atoms. The first-order valence-electron chi connectivity index (χ1n) is 10.2. The summed E-state index contributed by atoms with van der Waals surface area (Å²) in [6.07, 6.45) is 1.34. The molecule has 170 valence electrons. The molecular weight excluding hydrogens is 451 g/mol. The van der Waals surface area contributed by atoms with E-state index in [1.54, 1.807) is 38.1 Å². The van der Waals surface area contributed by atoms with Crippen LogP contribution in [0, 0.1) is 5.82 Å². The van der Waals surface area contributed by atoms with Gasteiger partial charge in [0, 0.05) is 5.02 Å². The maximum Gasteiger partial charge on any atom is 0.337 e. The van der Waals surface area contributed by atoms with Crippen molar-refractivity contribution in [1.29, 1.82) is 0 Å². The largest absolute Gasteiger partial charge is 0.464 e. The SMILES string of the molecule is CCOC(=O)C(C)n1cnc2c1c(=O)n(Cc1ccc(F)cc1)c(=O)n2-c1ccc(Cl)cc1. The summed E-state index contributed by atoms with van der Waals surface area (Å²) in [7, 11) is 0. The van der Waals surface area contributed by atoms with Crippen LogP contribution in [0.25, 0.3) is 16.9 Å². The molecule has 0 radical (unpaired) electrons. The summed E-state index contributed by atoms with van der Waals surface area (Å²) < 4.78 is 22.1. The van der Waals surface area contributed by atoms with Crippen LogP contribution in [0.4, 0.5) is 4.39 Å². The molecule has 0 aliphatic heterocycles. The fourth-order valence-corrected chi connectivity index (χ4v) is 3.68. The van der Waals surface area contributed by atoms with E-state index in [0.29, 0.717) is 16.3 Å². The van der Waals surface area contributed by atoms with Crippen molar-refractivity contribution in [3.63, 3.8) is 0 Å². The third-order valence-electron chi connectivity index (χ3n) is 5.24. The number of carbonyl (C=O) groups is 1. The van der Waals surface area contributed by atoms with Crippen LogP contribution in [0.15, 0.2) is 64.4 Å². The van der Waals surface area contributed by atoms with E-state index in [1.165, 1.54) is 39.7 Å². The van der Waals surface area contributed by atoms with Crippen LogP contribution in [-0.4, -0.2) is 31.3 Å². The maximum atomic E-state index is 13.5. The van der Waals surface area contributed by atoms with E-state index in [-0.39, 0.29) is 24.3 Å². The molecule has 33 heavy (non-hydrogen) atoms. The molecular formula is C23H20ClFN4O4. The number of nitrogens with zero attached hydrogens (tertiary/aromatic N) is 4. The number of hydrogen-bond acceptors (Lipinski definition) is 5. The summed E-state index contributed by atoms with van der Waals surface area (Å²) in [6, 6.07) is 11.1. The van der Waals surface area contributed by atoms with Crippen LogP contribution in [-0.2, 0) is 16.1 Å². The van der Waals surface area contributed by atoms with E-state index in [4.69, 9.17) is 16.3 Å². The Morgan fingerprint density at radius 2 is 1.79 bits per heavy atom. The molecule has 2 aromatic carbocycles. The van der Waals surface area contributed by atoms with Gasteiger partial charge in [-0.05, 0) is 55.8 Å². The molecule has 0 spiro atoms. The Bertz CT molecular complexity index is 1440. The lowest BCUT2D eigenvalue weighted by atomic mass is 10.2. The van der Waals surface area contributed by atoms with E-state index < -0.39 is 29.1 Å². The summed E-state index contributed by atoms with van der Waals surface area (Å²) in [5.74, 6) is -0.966. The number of hydrogen-bond donors (Lipinski definition) is 0. The summed E-state index contributed by atoms with van der Waals surface area (Å²) in [6.45, 7) is 3.35. The molecule has 0 saturated heterocycles. The number of fused-ring (bicyclic) bond motifs is 1. The van der Waals surface area contributed by atoms with Gasteiger partial charge in [-0.3, -0.25) is 9.36 Å². The van der Waals surface area contributed by atoms with Crippen LogP contribution in [0.3, 0.4) is 0 Å². The summed E-state index contributed by atoms with van der Waals surface area (Å²) in [4.78, 5) is 43.6. The zero-order valence-corrected chi connectivity index (χ0v) is 18.6. The molecule has 0 saturated carbocycles. The van der Waals surface area contributed by atoms with Gasteiger partial charge in [-0.15, -0.1) is 0 Å². The Labute approximate surface area is 192 Å². The normalized spacial score (nSPS) is 12.1. The molecule has 4 rings (SSSR count). The van der Waals surface area contributed by atoms with Crippen LogP contribution in [0.1, 0.15) is 25.5 Å². The van der Waals surface area contributed by atoms with E-state index in [2.05, 4.69) is 4.98 Å². The predicted molar refractivity (Wildman–Crippen MR) is 121 cm³/mol. The summed E-state index contributed by atoms with van der Waals surface area (Å²) >= 11 is 6.00. The minimum Gasteiger partial charge on any atom is -0.464 e. The lowest BCUT2D eigenvalue weighted by Crippen LogP contribution is -2.40. The molecule has 1 unspecified atom stereocenters. The zero-order valence-electron chi connectivity index (χ0n) is 17.9. The van der Waals surface area contributed by atoms with Crippen molar-refractivity contribution >= 4 is 28.7 Å². The Morgan fingerprint density at radius 1 is 1.12 bits per heavy atom. The number of ether oxygens (including phenoxy) is 1. The second kappa shape index (κ2) is 9.03.